The van der Waals surface area contributed by atoms with Gasteiger partial charge in [-0.3, -0.25) is 4.68 Å². The zero-order valence-corrected chi connectivity index (χ0v) is 18.1. The highest BCUT2D eigenvalue weighted by Gasteiger charge is 2.26. The van der Waals surface area contributed by atoms with Crippen LogP contribution in [0.4, 0.5) is 21.8 Å². The van der Waals surface area contributed by atoms with Crippen LogP contribution in [0.2, 0.25) is 0 Å². The van der Waals surface area contributed by atoms with Gasteiger partial charge in [-0.05, 0) is 53.0 Å². The van der Waals surface area contributed by atoms with Crippen molar-refractivity contribution in [2.45, 2.75) is 18.9 Å². The number of benzene rings is 1. The Bertz CT molecular complexity index is 1120. The first-order chi connectivity index (χ1) is 14.8. The third-order valence-corrected chi connectivity index (χ3v) is 5.69. The fraction of sp³-hybridized carbons (Fsp3) is 0.250. The van der Waals surface area contributed by atoms with Crippen LogP contribution in [-0.2, 0) is 0 Å². The molecule has 0 saturated carbocycles. The Labute approximate surface area is 186 Å². The molecule has 3 aromatic rings. The van der Waals surface area contributed by atoms with Gasteiger partial charge in [-0.15, -0.1) is 0 Å². The van der Waals surface area contributed by atoms with Gasteiger partial charge in [0.15, 0.2) is 5.82 Å². The number of hydrogen-bond acceptors (Lipinski definition) is 8. The summed E-state index contributed by atoms with van der Waals surface area (Å²) in [5.74, 6) is 0.233. The van der Waals surface area contributed by atoms with Gasteiger partial charge in [0, 0.05) is 36.7 Å². The minimum atomic E-state index is -0.507. The van der Waals surface area contributed by atoms with Crippen LogP contribution in [0.3, 0.4) is 0 Å². The molecule has 11 heteroatoms. The summed E-state index contributed by atoms with van der Waals surface area (Å²) in [6.07, 6.45) is 6.54. The molecule has 7 N–H and O–H groups in total. The summed E-state index contributed by atoms with van der Waals surface area (Å²) in [7, 11) is 0. The quantitative estimate of drug-likeness (QED) is 0.438. The van der Waals surface area contributed by atoms with Gasteiger partial charge in [-0.2, -0.15) is 5.10 Å². The molecule has 162 valence electrons. The highest BCUT2D eigenvalue weighted by atomic mass is 79.9. The van der Waals surface area contributed by atoms with Crippen molar-refractivity contribution in [2.24, 2.45) is 5.73 Å². The van der Waals surface area contributed by atoms with Gasteiger partial charge in [0.05, 0.1) is 16.2 Å². The Morgan fingerprint density at radius 2 is 1.87 bits per heavy atom. The molecular formula is C20H22BrFN8O. The van der Waals surface area contributed by atoms with Crippen LogP contribution in [0.25, 0.3) is 11.8 Å². The highest BCUT2D eigenvalue weighted by molar-refractivity contribution is 9.10. The summed E-state index contributed by atoms with van der Waals surface area (Å²) in [6.45, 7) is 1.46. The largest absolute Gasteiger partial charge is 0.507 e. The SMILES string of the molecule is N/C(=C\c1c(N)c(N)nn1C1CCN(c2ncc(Br)cn2)CC1)c1cc(F)ccc1O. The number of anilines is 3. The molecule has 0 amide bonds. The number of aromatic hydroxyl groups is 1. The number of aromatic nitrogens is 4. The van der Waals surface area contributed by atoms with Crippen molar-refractivity contribution in [1.82, 2.24) is 19.7 Å². The fourth-order valence-corrected chi connectivity index (χ4v) is 3.85. The van der Waals surface area contributed by atoms with E-state index < -0.39 is 5.82 Å². The number of hydrogen-bond donors (Lipinski definition) is 4. The lowest BCUT2D eigenvalue weighted by molar-refractivity contribution is 0.364. The van der Waals surface area contributed by atoms with E-state index >= 15 is 0 Å². The first kappa shape index (κ1) is 20.9. The van der Waals surface area contributed by atoms with Gasteiger partial charge in [0.1, 0.15) is 17.3 Å². The van der Waals surface area contributed by atoms with E-state index in [1.165, 1.54) is 6.07 Å². The minimum absolute atomic E-state index is 0.0338. The molecule has 1 aliphatic heterocycles. The first-order valence-corrected chi connectivity index (χ1v) is 10.4. The van der Waals surface area contributed by atoms with Crippen molar-refractivity contribution < 1.29 is 9.50 Å². The summed E-state index contributed by atoms with van der Waals surface area (Å²) in [4.78, 5) is 10.8. The summed E-state index contributed by atoms with van der Waals surface area (Å²) >= 11 is 3.34. The van der Waals surface area contributed by atoms with E-state index in [4.69, 9.17) is 17.2 Å². The Morgan fingerprint density at radius 3 is 2.55 bits per heavy atom. The van der Waals surface area contributed by atoms with Gasteiger partial charge in [-0.25, -0.2) is 14.4 Å². The van der Waals surface area contributed by atoms with E-state index in [-0.39, 0.29) is 34.6 Å². The zero-order chi connectivity index (χ0) is 22.1. The molecule has 0 atom stereocenters. The molecule has 1 fully saturated rings. The Balaban J connectivity index is 1.59. The molecule has 4 rings (SSSR count). The molecule has 31 heavy (non-hydrogen) atoms. The Kier molecular flexibility index (Phi) is 5.68. The summed E-state index contributed by atoms with van der Waals surface area (Å²) < 4.78 is 16.2. The average molecular weight is 489 g/mol. The van der Waals surface area contributed by atoms with Crippen LogP contribution in [0.15, 0.2) is 35.1 Å². The number of nitrogen functional groups attached to an aromatic ring is 2. The predicted molar refractivity (Wildman–Crippen MR) is 121 cm³/mol. The number of halogens is 2. The van der Waals surface area contributed by atoms with Crippen LogP contribution in [0.5, 0.6) is 5.75 Å². The summed E-state index contributed by atoms with van der Waals surface area (Å²) in [5.41, 5.74) is 19.4. The Hall–Kier alpha value is -3.34. The van der Waals surface area contributed by atoms with Crippen LogP contribution in [-0.4, -0.2) is 37.9 Å². The lowest BCUT2D eigenvalue weighted by Crippen LogP contribution is -2.36. The van der Waals surface area contributed by atoms with Crippen molar-refractivity contribution in [3.05, 3.63) is 52.1 Å². The van der Waals surface area contributed by atoms with Crippen LogP contribution >= 0.6 is 15.9 Å². The number of nitrogens with two attached hydrogens (primary N) is 3. The molecule has 1 aromatic carbocycles. The second kappa shape index (κ2) is 8.42. The normalized spacial score (nSPS) is 15.4. The van der Waals surface area contributed by atoms with Gasteiger partial charge >= 0.3 is 0 Å². The van der Waals surface area contributed by atoms with E-state index in [0.29, 0.717) is 11.6 Å². The number of phenols is 1. The summed E-state index contributed by atoms with van der Waals surface area (Å²) in [5, 5.41) is 14.5. The molecule has 0 radical (unpaired) electrons. The van der Waals surface area contributed by atoms with E-state index in [1.807, 2.05) is 0 Å². The lowest BCUT2D eigenvalue weighted by atomic mass is 10.0. The standard InChI is InChI=1S/C20H22BrFN8O/c21-11-9-26-20(27-10-11)29-5-3-13(4-6-29)30-16(18(24)19(25)28-30)8-15(23)14-7-12(22)1-2-17(14)31/h1-2,7-10,13,31H,3-6,23-24H2,(H2,25,28)/b15-8-. The van der Waals surface area contributed by atoms with Crippen molar-refractivity contribution in [3.63, 3.8) is 0 Å². The first-order valence-electron chi connectivity index (χ1n) is 9.65. The van der Waals surface area contributed by atoms with Crippen molar-refractivity contribution in [2.75, 3.05) is 29.5 Å². The third kappa shape index (κ3) is 4.26. The number of nitrogens with zero attached hydrogens (tertiary/aromatic N) is 5. The smallest absolute Gasteiger partial charge is 0.225 e. The topological polar surface area (TPSA) is 145 Å². The van der Waals surface area contributed by atoms with Crippen molar-refractivity contribution in [3.8, 4) is 5.75 Å². The molecule has 1 saturated heterocycles. The third-order valence-electron chi connectivity index (χ3n) is 5.28. The molecule has 9 nitrogen and oxygen atoms in total. The average Bonchev–Trinajstić information content (AvgIpc) is 3.04. The zero-order valence-electron chi connectivity index (χ0n) is 16.5. The molecule has 0 aliphatic carbocycles. The van der Waals surface area contributed by atoms with Gasteiger partial charge in [-0.1, -0.05) is 0 Å². The van der Waals surface area contributed by atoms with Gasteiger partial charge in [0.25, 0.3) is 0 Å². The maximum Gasteiger partial charge on any atom is 0.225 e. The maximum absolute atomic E-state index is 13.6. The predicted octanol–water partition coefficient (Wildman–Crippen LogP) is 2.74. The van der Waals surface area contributed by atoms with E-state index in [0.717, 1.165) is 42.5 Å². The van der Waals surface area contributed by atoms with E-state index in [1.54, 1.807) is 23.2 Å². The van der Waals surface area contributed by atoms with Crippen LogP contribution in [0, 0.1) is 5.82 Å². The molecular weight excluding hydrogens is 467 g/mol. The number of rotatable bonds is 4. The minimum Gasteiger partial charge on any atom is -0.507 e. The molecule has 2 aromatic heterocycles. The molecule has 0 spiro atoms. The molecule has 0 bridgehead atoms. The van der Waals surface area contributed by atoms with E-state index in [2.05, 4.69) is 35.9 Å². The van der Waals surface area contributed by atoms with Crippen molar-refractivity contribution >= 4 is 45.2 Å². The molecule has 1 aliphatic rings. The second-order valence-electron chi connectivity index (χ2n) is 7.31. The Morgan fingerprint density at radius 1 is 1.19 bits per heavy atom. The lowest BCUT2D eigenvalue weighted by Gasteiger charge is -2.32. The van der Waals surface area contributed by atoms with Gasteiger partial charge < -0.3 is 27.2 Å². The van der Waals surface area contributed by atoms with Crippen LogP contribution < -0.4 is 22.1 Å². The molecule has 0 unspecified atom stereocenters. The van der Waals surface area contributed by atoms with Gasteiger partial charge in [0.2, 0.25) is 5.95 Å². The maximum atomic E-state index is 13.6. The fourth-order valence-electron chi connectivity index (χ4n) is 3.64. The second-order valence-corrected chi connectivity index (χ2v) is 8.23. The highest BCUT2D eigenvalue weighted by Crippen LogP contribution is 2.32. The number of phenolic OH excluding ortho intramolecular Hbond substituents is 1. The van der Waals surface area contributed by atoms with E-state index in [9.17, 15) is 9.50 Å². The monoisotopic (exact) mass is 488 g/mol. The number of piperidine rings is 1. The van der Waals surface area contributed by atoms with Crippen molar-refractivity contribution in [1.29, 1.82) is 0 Å². The molecule has 3 heterocycles. The summed E-state index contributed by atoms with van der Waals surface area (Å²) in [6, 6.07) is 3.61. The van der Waals surface area contributed by atoms with Crippen LogP contribution in [0.1, 0.15) is 30.1 Å².